The lowest BCUT2D eigenvalue weighted by Gasteiger charge is -2.36. The zero-order valence-electron chi connectivity index (χ0n) is 10.7. The number of thioether (sulfide) groups is 1. The minimum Gasteiger partial charge on any atom is -0.379 e. The molecule has 2 atom stereocenters. The molecule has 102 valence electrons. The summed E-state index contributed by atoms with van der Waals surface area (Å²) in [5.41, 5.74) is 0. The number of carbonyl (C=O) groups excluding carboxylic acids is 2. The fourth-order valence-electron chi connectivity index (χ4n) is 2.44. The third kappa shape index (κ3) is 3.17. The van der Waals surface area contributed by atoms with E-state index in [9.17, 15) is 9.59 Å². The van der Waals surface area contributed by atoms with Gasteiger partial charge in [0.25, 0.3) is 0 Å². The summed E-state index contributed by atoms with van der Waals surface area (Å²) in [6.45, 7) is 4.06. The molecule has 2 amide bonds. The third-order valence-electron chi connectivity index (χ3n) is 3.35. The highest BCUT2D eigenvalue weighted by Gasteiger charge is 2.32. The SMILES string of the molecule is CCN(C(=O)[C@@H]1CSCC(=O)N1)C1CCCOC1. The van der Waals surface area contributed by atoms with Crippen molar-refractivity contribution < 1.29 is 14.3 Å². The summed E-state index contributed by atoms with van der Waals surface area (Å²) in [4.78, 5) is 25.6. The summed E-state index contributed by atoms with van der Waals surface area (Å²) in [5.74, 6) is 1.13. The first-order chi connectivity index (χ1) is 8.72. The number of likely N-dealkylation sites (N-methyl/N-ethyl adjacent to an activating group) is 1. The first-order valence-corrected chi connectivity index (χ1v) is 7.63. The molecule has 0 radical (unpaired) electrons. The Bertz CT molecular complexity index is 318. The van der Waals surface area contributed by atoms with Crippen LogP contribution in [0.4, 0.5) is 0 Å². The molecule has 2 aliphatic heterocycles. The quantitative estimate of drug-likeness (QED) is 0.800. The van der Waals surface area contributed by atoms with E-state index in [0.717, 1.165) is 19.4 Å². The maximum absolute atomic E-state index is 12.4. The molecule has 2 saturated heterocycles. The van der Waals surface area contributed by atoms with Gasteiger partial charge in [0.15, 0.2) is 0 Å². The fraction of sp³-hybridized carbons (Fsp3) is 0.833. The number of hydrogen-bond acceptors (Lipinski definition) is 4. The van der Waals surface area contributed by atoms with Crippen molar-refractivity contribution in [2.24, 2.45) is 0 Å². The van der Waals surface area contributed by atoms with E-state index in [1.54, 1.807) is 0 Å². The molecule has 0 aromatic carbocycles. The molecule has 2 heterocycles. The zero-order chi connectivity index (χ0) is 13.0. The molecule has 5 nitrogen and oxygen atoms in total. The molecule has 0 aromatic rings. The minimum absolute atomic E-state index is 0.0357. The van der Waals surface area contributed by atoms with Crippen molar-refractivity contribution in [3.8, 4) is 0 Å². The zero-order valence-corrected chi connectivity index (χ0v) is 11.5. The number of carbonyl (C=O) groups is 2. The molecule has 2 rings (SSSR count). The van der Waals surface area contributed by atoms with Crippen LogP contribution in [0.3, 0.4) is 0 Å². The Labute approximate surface area is 112 Å². The third-order valence-corrected chi connectivity index (χ3v) is 4.39. The van der Waals surface area contributed by atoms with Crippen LogP contribution in [0.15, 0.2) is 0 Å². The minimum atomic E-state index is -0.363. The first kappa shape index (κ1) is 13.7. The lowest BCUT2D eigenvalue weighted by atomic mass is 10.1. The number of amides is 2. The van der Waals surface area contributed by atoms with Crippen LogP contribution in [0.25, 0.3) is 0 Å². The summed E-state index contributed by atoms with van der Waals surface area (Å²) in [6.07, 6.45) is 1.99. The van der Waals surface area contributed by atoms with E-state index in [1.165, 1.54) is 11.8 Å². The van der Waals surface area contributed by atoms with Gasteiger partial charge in [-0.3, -0.25) is 9.59 Å². The van der Waals surface area contributed by atoms with Crippen molar-refractivity contribution in [2.75, 3.05) is 31.3 Å². The van der Waals surface area contributed by atoms with Gasteiger partial charge in [-0.15, -0.1) is 11.8 Å². The monoisotopic (exact) mass is 272 g/mol. The molecule has 0 aliphatic carbocycles. The van der Waals surface area contributed by atoms with Crippen molar-refractivity contribution in [3.05, 3.63) is 0 Å². The standard InChI is InChI=1S/C12H20N2O3S/c1-2-14(9-4-3-5-17-6-9)12(16)10-7-18-8-11(15)13-10/h9-10H,2-8H2,1H3,(H,13,15)/t9?,10-/m0/s1. The van der Waals surface area contributed by atoms with Crippen molar-refractivity contribution in [1.29, 1.82) is 0 Å². The summed E-state index contributed by atoms with van der Waals surface area (Å²) in [7, 11) is 0. The van der Waals surface area contributed by atoms with Crippen molar-refractivity contribution in [1.82, 2.24) is 10.2 Å². The molecule has 6 heteroatoms. The fourth-order valence-corrected chi connectivity index (χ4v) is 3.29. The van der Waals surface area contributed by atoms with Crippen molar-refractivity contribution in [2.45, 2.75) is 31.8 Å². The predicted octanol–water partition coefficient (Wildman–Crippen LogP) is 0.245. The lowest BCUT2D eigenvalue weighted by molar-refractivity contribution is -0.139. The van der Waals surface area contributed by atoms with Crippen LogP contribution >= 0.6 is 11.8 Å². The van der Waals surface area contributed by atoms with Gasteiger partial charge in [-0.1, -0.05) is 0 Å². The molecule has 2 fully saturated rings. The second kappa shape index (κ2) is 6.43. The molecule has 0 bridgehead atoms. The Morgan fingerprint density at radius 3 is 3.06 bits per heavy atom. The van der Waals surface area contributed by atoms with E-state index in [4.69, 9.17) is 4.74 Å². The number of hydrogen-bond donors (Lipinski definition) is 1. The molecule has 0 spiro atoms. The van der Waals surface area contributed by atoms with Gasteiger partial charge in [0.2, 0.25) is 11.8 Å². The van der Waals surface area contributed by atoms with Crippen LogP contribution in [0.2, 0.25) is 0 Å². The first-order valence-electron chi connectivity index (χ1n) is 6.47. The maximum Gasteiger partial charge on any atom is 0.246 e. The molecule has 1 unspecified atom stereocenters. The van der Waals surface area contributed by atoms with E-state index in [2.05, 4.69) is 5.32 Å². The highest BCUT2D eigenvalue weighted by molar-refractivity contribution is 8.00. The van der Waals surface area contributed by atoms with Crippen molar-refractivity contribution in [3.63, 3.8) is 0 Å². The summed E-state index contributed by atoms with van der Waals surface area (Å²) in [5, 5.41) is 2.78. The van der Waals surface area contributed by atoms with Crippen LogP contribution in [-0.4, -0.2) is 60.1 Å². The van der Waals surface area contributed by atoms with Gasteiger partial charge in [0.05, 0.1) is 18.4 Å². The molecule has 18 heavy (non-hydrogen) atoms. The van der Waals surface area contributed by atoms with Crippen LogP contribution in [0, 0.1) is 0 Å². The van der Waals surface area contributed by atoms with Gasteiger partial charge in [-0.25, -0.2) is 0 Å². The van der Waals surface area contributed by atoms with Crippen LogP contribution in [0.1, 0.15) is 19.8 Å². The Kier molecular flexibility index (Phi) is 4.88. The molecular weight excluding hydrogens is 252 g/mol. The molecule has 0 aromatic heterocycles. The lowest BCUT2D eigenvalue weighted by Crippen LogP contribution is -2.56. The number of ether oxygens (including phenoxy) is 1. The Morgan fingerprint density at radius 2 is 2.44 bits per heavy atom. The van der Waals surface area contributed by atoms with E-state index in [1.807, 2.05) is 11.8 Å². The second-order valence-corrected chi connectivity index (χ2v) is 5.66. The Balaban J connectivity index is 1.97. The number of nitrogens with one attached hydrogen (secondary N) is 1. The normalized spacial score (nSPS) is 28.6. The molecule has 2 aliphatic rings. The van der Waals surface area contributed by atoms with E-state index in [-0.39, 0.29) is 23.9 Å². The summed E-state index contributed by atoms with van der Waals surface area (Å²) in [6, 6.07) is -0.196. The highest BCUT2D eigenvalue weighted by atomic mass is 32.2. The van der Waals surface area contributed by atoms with E-state index in [0.29, 0.717) is 24.7 Å². The number of nitrogens with zero attached hydrogens (tertiary/aromatic N) is 1. The Hall–Kier alpha value is -0.750. The smallest absolute Gasteiger partial charge is 0.246 e. The average Bonchev–Trinajstić information content (AvgIpc) is 2.41. The van der Waals surface area contributed by atoms with Gasteiger partial charge < -0.3 is 15.0 Å². The maximum atomic E-state index is 12.4. The van der Waals surface area contributed by atoms with E-state index >= 15 is 0 Å². The number of rotatable bonds is 3. The molecular formula is C12H20N2O3S. The predicted molar refractivity (Wildman–Crippen MR) is 70.5 cm³/mol. The van der Waals surface area contributed by atoms with Gasteiger partial charge in [-0.2, -0.15) is 0 Å². The second-order valence-electron chi connectivity index (χ2n) is 4.63. The van der Waals surface area contributed by atoms with Crippen LogP contribution in [0.5, 0.6) is 0 Å². The van der Waals surface area contributed by atoms with Gasteiger partial charge in [0.1, 0.15) is 6.04 Å². The van der Waals surface area contributed by atoms with Crippen LogP contribution < -0.4 is 5.32 Å². The topological polar surface area (TPSA) is 58.6 Å². The molecule has 0 saturated carbocycles. The van der Waals surface area contributed by atoms with Gasteiger partial charge >= 0.3 is 0 Å². The van der Waals surface area contributed by atoms with Crippen molar-refractivity contribution >= 4 is 23.6 Å². The summed E-state index contributed by atoms with van der Waals surface area (Å²) >= 11 is 1.52. The highest BCUT2D eigenvalue weighted by Crippen LogP contribution is 2.17. The average molecular weight is 272 g/mol. The summed E-state index contributed by atoms with van der Waals surface area (Å²) < 4.78 is 5.44. The van der Waals surface area contributed by atoms with Gasteiger partial charge in [0, 0.05) is 18.9 Å². The van der Waals surface area contributed by atoms with E-state index < -0.39 is 0 Å². The largest absolute Gasteiger partial charge is 0.379 e. The molecule has 1 N–H and O–H groups in total. The Morgan fingerprint density at radius 1 is 1.61 bits per heavy atom. The van der Waals surface area contributed by atoms with Gasteiger partial charge in [-0.05, 0) is 19.8 Å². The van der Waals surface area contributed by atoms with Crippen LogP contribution in [-0.2, 0) is 14.3 Å².